The monoisotopic (exact) mass is 237 g/mol. The highest BCUT2D eigenvalue weighted by molar-refractivity contribution is 5.35. The fraction of sp³-hybridized carbons (Fsp3) is 0.727. The molecule has 1 heterocycles. The SMILES string of the molecule is CCOc1nc(NC)nc(NCC2CCC2)n1. The minimum absolute atomic E-state index is 0.364. The van der Waals surface area contributed by atoms with Crippen LogP contribution in [0.2, 0.25) is 0 Å². The molecule has 1 fully saturated rings. The van der Waals surface area contributed by atoms with Crippen LogP contribution >= 0.6 is 0 Å². The maximum atomic E-state index is 5.29. The van der Waals surface area contributed by atoms with Gasteiger partial charge < -0.3 is 15.4 Å². The van der Waals surface area contributed by atoms with Gasteiger partial charge in [0.25, 0.3) is 0 Å². The highest BCUT2D eigenvalue weighted by Gasteiger charge is 2.17. The van der Waals surface area contributed by atoms with E-state index in [0.717, 1.165) is 12.5 Å². The molecule has 0 bridgehead atoms. The van der Waals surface area contributed by atoms with Gasteiger partial charge in [0.15, 0.2) is 0 Å². The van der Waals surface area contributed by atoms with E-state index in [2.05, 4.69) is 25.6 Å². The van der Waals surface area contributed by atoms with Crippen LogP contribution in [0.5, 0.6) is 6.01 Å². The van der Waals surface area contributed by atoms with Crippen molar-refractivity contribution in [3.8, 4) is 6.01 Å². The molecule has 6 nitrogen and oxygen atoms in total. The van der Waals surface area contributed by atoms with Gasteiger partial charge >= 0.3 is 6.01 Å². The van der Waals surface area contributed by atoms with Gasteiger partial charge in [-0.25, -0.2) is 0 Å². The van der Waals surface area contributed by atoms with Crippen molar-refractivity contribution in [2.75, 3.05) is 30.8 Å². The summed E-state index contributed by atoms with van der Waals surface area (Å²) in [4.78, 5) is 12.6. The number of nitrogens with zero attached hydrogens (tertiary/aromatic N) is 3. The van der Waals surface area contributed by atoms with Gasteiger partial charge in [-0.3, -0.25) is 0 Å². The largest absolute Gasteiger partial charge is 0.464 e. The van der Waals surface area contributed by atoms with Crippen LogP contribution in [0.4, 0.5) is 11.9 Å². The molecule has 0 aromatic carbocycles. The predicted octanol–water partition coefficient (Wildman–Crippen LogP) is 1.52. The van der Waals surface area contributed by atoms with Gasteiger partial charge in [-0.15, -0.1) is 0 Å². The van der Waals surface area contributed by atoms with Gasteiger partial charge in [0.2, 0.25) is 11.9 Å². The standard InChI is InChI=1S/C11H19N5O/c1-3-17-11-15-9(12-2)14-10(16-11)13-7-8-5-4-6-8/h8H,3-7H2,1-2H3,(H2,12,13,14,15,16). The van der Waals surface area contributed by atoms with Gasteiger partial charge in [0, 0.05) is 13.6 Å². The average molecular weight is 237 g/mol. The molecule has 2 rings (SSSR count). The van der Waals surface area contributed by atoms with E-state index in [4.69, 9.17) is 4.74 Å². The molecule has 1 aromatic rings. The molecule has 0 atom stereocenters. The zero-order valence-corrected chi connectivity index (χ0v) is 10.4. The van der Waals surface area contributed by atoms with Crippen molar-refractivity contribution in [2.45, 2.75) is 26.2 Å². The van der Waals surface area contributed by atoms with Crippen molar-refractivity contribution < 1.29 is 4.74 Å². The summed E-state index contributed by atoms with van der Waals surface area (Å²) in [5.74, 6) is 1.87. The molecular formula is C11H19N5O. The Morgan fingerprint density at radius 1 is 1.24 bits per heavy atom. The fourth-order valence-corrected chi connectivity index (χ4v) is 1.67. The van der Waals surface area contributed by atoms with Crippen LogP contribution in [-0.2, 0) is 0 Å². The predicted molar refractivity (Wildman–Crippen MR) is 66.4 cm³/mol. The number of aromatic nitrogens is 3. The van der Waals surface area contributed by atoms with Crippen molar-refractivity contribution in [1.82, 2.24) is 15.0 Å². The quantitative estimate of drug-likeness (QED) is 0.781. The number of ether oxygens (including phenoxy) is 1. The molecule has 1 aliphatic carbocycles. The maximum absolute atomic E-state index is 5.29. The third-order valence-corrected chi connectivity index (χ3v) is 2.89. The van der Waals surface area contributed by atoms with Gasteiger partial charge in [-0.1, -0.05) is 6.42 Å². The minimum Gasteiger partial charge on any atom is -0.464 e. The lowest BCUT2D eigenvalue weighted by Gasteiger charge is -2.25. The summed E-state index contributed by atoms with van der Waals surface area (Å²) in [5, 5.41) is 6.14. The summed E-state index contributed by atoms with van der Waals surface area (Å²) in [7, 11) is 1.78. The Labute approximate surface area is 101 Å². The van der Waals surface area contributed by atoms with E-state index >= 15 is 0 Å². The Bertz CT molecular complexity index is 367. The molecule has 0 amide bonds. The summed E-state index contributed by atoms with van der Waals surface area (Å²) in [5.41, 5.74) is 0. The Hall–Kier alpha value is -1.59. The van der Waals surface area contributed by atoms with Gasteiger partial charge in [0.1, 0.15) is 0 Å². The summed E-state index contributed by atoms with van der Waals surface area (Å²) >= 11 is 0. The minimum atomic E-state index is 0.364. The van der Waals surface area contributed by atoms with E-state index in [-0.39, 0.29) is 0 Å². The van der Waals surface area contributed by atoms with Gasteiger partial charge in [0.05, 0.1) is 6.61 Å². The second-order valence-corrected chi connectivity index (χ2v) is 4.13. The molecule has 94 valence electrons. The first kappa shape index (κ1) is 11.9. The van der Waals surface area contributed by atoms with Crippen LogP contribution in [-0.4, -0.2) is 35.2 Å². The summed E-state index contributed by atoms with van der Waals surface area (Å²) < 4.78 is 5.29. The van der Waals surface area contributed by atoms with Crippen LogP contribution in [0.1, 0.15) is 26.2 Å². The number of hydrogen-bond acceptors (Lipinski definition) is 6. The Kier molecular flexibility index (Phi) is 3.95. The first-order valence-corrected chi connectivity index (χ1v) is 6.12. The molecule has 2 N–H and O–H groups in total. The summed E-state index contributed by atoms with van der Waals surface area (Å²) in [6, 6.07) is 0.364. The number of rotatable bonds is 6. The summed E-state index contributed by atoms with van der Waals surface area (Å²) in [6.45, 7) is 3.39. The fourth-order valence-electron chi connectivity index (χ4n) is 1.67. The van der Waals surface area contributed by atoms with Crippen molar-refractivity contribution in [2.24, 2.45) is 5.92 Å². The number of hydrogen-bond donors (Lipinski definition) is 2. The van der Waals surface area contributed by atoms with E-state index in [0.29, 0.717) is 24.5 Å². The molecule has 0 radical (unpaired) electrons. The lowest BCUT2D eigenvalue weighted by molar-refractivity contribution is 0.311. The lowest BCUT2D eigenvalue weighted by Crippen LogP contribution is -2.22. The zero-order chi connectivity index (χ0) is 12.1. The molecule has 1 aliphatic rings. The number of anilines is 2. The molecule has 17 heavy (non-hydrogen) atoms. The van der Waals surface area contributed by atoms with Crippen LogP contribution in [0.25, 0.3) is 0 Å². The maximum Gasteiger partial charge on any atom is 0.323 e. The van der Waals surface area contributed by atoms with E-state index in [1.165, 1.54) is 19.3 Å². The second kappa shape index (κ2) is 5.65. The zero-order valence-electron chi connectivity index (χ0n) is 10.4. The molecule has 6 heteroatoms. The second-order valence-electron chi connectivity index (χ2n) is 4.13. The molecular weight excluding hydrogens is 218 g/mol. The molecule has 1 aromatic heterocycles. The molecule has 0 aliphatic heterocycles. The van der Waals surface area contributed by atoms with Gasteiger partial charge in [-0.2, -0.15) is 15.0 Å². The lowest BCUT2D eigenvalue weighted by atomic mass is 9.85. The normalized spacial score (nSPS) is 15.2. The first-order valence-electron chi connectivity index (χ1n) is 6.12. The van der Waals surface area contributed by atoms with Crippen LogP contribution in [0, 0.1) is 5.92 Å². The molecule has 0 saturated heterocycles. The van der Waals surface area contributed by atoms with Crippen molar-refractivity contribution in [3.05, 3.63) is 0 Å². The summed E-state index contributed by atoms with van der Waals surface area (Å²) in [6.07, 6.45) is 3.94. The molecule has 1 saturated carbocycles. The topological polar surface area (TPSA) is 72.0 Å². The third-order valence-electron chi connectivity index (χ3n) is 2.89. The van der Waals surface area contributed by atoms with E-state index in [9.17, 15) is 0 Å². The highest BCUT2D eigenvalue weighted by atomic mass is 16.5. The molecule has 0 unspecified atom stereocenters. The van der Waals surface area contributed by atoms with Crippen LogP contribution < -0.4 is 15.4 Å². The Morgan fingerprint density at radius 2 is 2.00 bits per heavy atom. The smallest absolute Gasteiger partial charge is 0.323 e. The van der Waals surface area contributed by atoms with Crippen molar-refractivity contribution >= 4 is 11.9 Å². The number of nitrogens with one attached hydrogen (secondary N) is 2. The first-order chi connectivity index (χ1) is 8.31. The van der Waals surface area contributed by atoms with Gasteiger partial charge in [-0.05, 0) is 25.7 Å². The van der Waals surface area contributed by atoms with Crippen LogP contribution in [0.15, 0.2) is 0 Å². The van der Waals surface area contributed by atoms with E-state index in [1.807, 2.05) is 6.92 Å². The van der Waals surface area contributed by atoms with E-state index in [1.54, 1.807) is 7.05 Å². The van der Waals surface area contributed by atoms with Crippen molar-refractivity contribution in [3.63, 3.8) is 0 Å². The Morgan fingerprint density at radius 3 is 2.59 bits per heavy atom. The van der Waals surface area contributed by atoms with E-state index < -0.39 is 0 Å². The average Bonchev–Trinajstić information content (AvgIpc) is 2.27. The highest BCUT2D eigenvalue weighted by Crippen LogP contribution is 2.26. The third kappa shape index (κ3) is 3.18. The van der Waals surface area contributed by atoms with Crippen LogP contribution in [0.3, 0.4) is 0 Å². The Balaban J connectivity index is 2.00. The van der Waals surface area contributed by atoms with Crippen molar-refractivity contribution in [1.29, 1.82) is 0 Å². The molecule has 0 spiro atoms.